The summed E-state index contributed by atoms with van der Waals surface area (Å²) in [6.07, 6.45) is 9.54. The normalized spacial score (nSPS) is 10.1. The first-order chi connectivity index (χ1) is 7.81. The van der Waals surface area contributed by atoms with E-state index in [0.29, 0.717) is 0 Å². The monoisotopic (exact) mass is 231 g/mol. The largest absolute Gasteiger partial charge is 0.395 e. The topological polar surface area (TPSA) is 23.5 Å². The lowest BCUT2D eigenvalue weighted by atomic mass is 10.1. The standard InChI is InChI=1S/C12H27NO.C2H6/c1-3-4-5-6-7-8-9-10-13(2)11-12-14;1-2/h14H,3-12H2,1-2H3;1-2H3. The third kappa shape index (κ3) is 16.4. The van der Waals surface area contributed by atoms with Crippen LogP contribution in [0.3, 0.4) is 0 Å². The number of aliphatic hydroxyl groups is 1. The zero-order valence-electron chi connectivity index (χ0n) is 12.0. The second-order valence-electron chi connectivity index (χ2n) is 4.15. The average Bonchev–Trinajstić information content (AvgIpc) is 2.31. The highest BCUT2D eigenvalue weighted by molar-refractivity contribution is 4.51. The fourth-order valence-corrected chi connectivity index (χ4v) is 1.62. The van der Waals surface area contributed by atoms with Gasteiger partial charge in [-0.2, -0.15) is 0 Å². The Bertz CT molecular complexity index is 107. The van der Waals surface area contributed by atoms with E-state index in [1.54, 1.807) is 0 Å². The maximum absolute atomic E-state index is 8.69. The summed E-state index contributed by atoms with van der Waals surface area (Å²) < 4.78 is 0. The first kappa shape index (κ1) is 18.3. The molecule has 0 aromatic carbocycles. The molecule has 0 unspecified atom stereocenters. The molecule has 0 aliphatic heterocycles. The number of hydrogen-bond donors (Lipinski definition) is 1. The van der Waals surface area contributed by atoms with Crippen LogP contribution in [-0.2, 0) is 0 Å². The van der Waals surface area contributed by atoms with Crippen molar-refractivity contribution in [1.29, 1.82) is 0 Å². The Kier molecular flexibility index (Phi) is 19.8. The van der Waals surface area contributed by atoms with Gasteiger partial charge in [0.15, 0.2) is 0 Å². The van der Waals surface area contributed by atoms with E-state index < -0.39 is 0 Å². The number of rotatable bonds is 10. The van der Waals surface area contributed by atoms with Gasteiger partial charge in [0.2, 0.25) is 0 Å². The van der Waals surface area contributed by atoms with Gasteiger partial charge in [-0.25, -0.2) is 0 Å². The molecule has 2 nitrogen and oxygen atoms in total. The quantitative estimate of drug-likeness (QED) is 0.580. The Balaban J connectivity index is 0. The van der Waals surface area contributed by atoms with Gasteiger partial charge >= 0.3 is 0 Å². The van der Waals surface area contributed by atoms with Gasteiger partial charge in [0.05, 0.1) is 6.61 Å². The molecule has 0 aliphatic carbocycles. The fraction of sp³-hybridized carbons (Fsp3) is 1.00. The van der Waals surface area contributed by atoms with Gasteiger partial charge in [-0.15, -0.1) is 0 Å². The van der Waals surface area contributed by atoms with Crippen LogP contribution in [0.25, 0.3) is 0 Å². The summed E-state index contributed by atoms with van der Waals surface area (Å²) in [5.41, 5.74) is 0. The highest BCUT2D eigenvalue weighted by Gasteiger charge is 1.96. The number of unbranched alkanes of at least 4 members (excludes halogenated alkanes) is 6. The molecular weight excluding hydrogens is 198 g/mol. The van der Waals surface area contributed by atoms with Crippen molar-refractivity contribution in [2.45, 2.75) is 65.7 Å². The molecule has 0 saturated heterocycles. The summed E-state index contributed by atoms with van der Waals surface area (Å²) in [7, 11) is 2.08. The second kappa shape index (κ2) is 17.3. The zero-order valence-corrected chi connectivity index (χ0v) is 12.0. The van der Waals surface area contributed by atoms with Crippen LogP contribution in [0.15, 0.2) is 0 Å². The van der Waals surface area contributed by atoms with Gasteiger partial charge in [0, 0.05) is 6.54 Å². The van der Waals surface area contributed by atoms with Crippen LogP contribution in [0.1, 0.15) is 65.7 Å². The molecule has 0 aromatic heterocycles. The Morgan fingerprint density at radius 2 is 1.31 bits per heavy atom. The van der Waals surface area contributed by atoms with Crippen LogP contribution >= 0.6 is 0 Å². The summed E-state index contributed by atoms with van der Waals surface area (Å²) in [6, 6.07) is 0. The van der Waals surface area contributed by atoms with Crippen molar-refractivity contribution >= 4 is 0 Å². The number of aliphatic hydroxyl groups excluding tert-OH is 1. The Morgan fingerprint density at radius 1 is 0.812 bits per heavy atom. The predicted octanol–water partition coefficient (Wildman–Crippen LogP) is 3.69. The zero-order chi connectivity index (χ0) is 12.6. The van der Waals surface area contributed by atoms with Crippen molar-refractivity contribution in [2.75, 3.05) is 26.7 Å². The highest BCUT2D eigenvalue weighted by Crippen LogP contribution is 2.06. The highest BCUT2D eigenvalue weighted by atomic mass is 16.3. The van der Waals surface area contributed by atoms with Crippen molar-refractivity contribution in [3.05, 3.63) is 0 Å². The van der Waals surface area contributed by atoms with Crippen molar-refractivity contribution in [1.82, 2.24) is 4.90 Å². The molecular formula is C14H33NO. The lowest BCUT2D eigenvalue weighted by Crippen LogP contribution is -2.23. The first-order valence-electron chi connectivity index (χ1n) is 7.10. The summed E-state index contributed by atoms with van der Waals surface area (Å²) >= 11 is 0. The average molecular weight is 231 g/mol. The molecule has 0 aliphatic rings. The number of likely N-dealkylation sites (N-methyl/N-ethyl adjacent to an activating group) is 1. The number of nitrogens with zero attached hydrogens (tertiary/aromatic N) is 1. The molecule has 100 valence electrons. The molecule has 0 radical (unpaired) electrons. The second-order valence-corrected chi connectivity index (χ2v) is 4.15. The van der Waals surface area contributed by atoms with Gasteiger partial charge in [0.1, 0.15) is 0 Å². The van der Waals surface area contributed by atoms with Crippen molar-refractivity contribution in [3.8, 4) is 0 Å². The van der Waals surface area contributed by atoms with Gasteiger partial charge in [-0.1, -0.05) is 59.3 Å². The summed E-state index contributed by atoms with van der Waals surface area (Å²) in [4.78, 5) is 2.20. The van der Waals surface area contributed by atoms with Crippen molar-refractivity contribution < 1.29 is 5.11 Å². The van der Waals surface area contributed by atoms with Crippen molar-refractivity contribution in [3.63, 3.8) is 0 Å². The molecule has 1 N–H and O–H groups in total. The molecule has 0 heterocycles. The van der Waals surface area contributed by atoms with E-state index in [9.17, 15) is 0 Å². The van der Waals surface area contributed by atoms with Gasteiger partial charge < -0.3 is 10.0 Å². The van der Waals surface area contributed by atoms with Crippen molar-refractivity contribution in [2.24, 2.45) is 0 Å². The van der Waals surface area contributed by atoms with E-state index in [1.807, 2.05) is 13.8 Å². The van der Waals surface area contributed by atoms with E-state index in [-0.39, 0.29) is 6.61 Å². The molecule has 0 atom stereocenters. The van der Waals surface area contributed by atoms with Gasteiger partial charge in [-0.3, -0.25) is 0 Å². The van der Waals surface area contributed by atoms with Crippen LogP contribution < -0.4 is 0 Å². The lowest BCUT2D eigenvalue weighted by Gasteiger charge is -2.14. The first-order valence-corrected chi connectivity index (χ1v) is 7.10. The van der Waals surface area contributed by atoms with Crippen LogP contribution in [0.5, 0.6) is 0 Å². The minimum atomic E-state index is 0.285. The Hall–Kier alpha value is -0.0800. The molecule has 2 heteroatoms. The minimum Gasteiger partial charge on any atom is -0.395 e. The van der Waals surface area contributed by atoms with E-state index in [0.717, 1.165) is 13.1 Å². The SMILES string of the molecule is CC.CCCCCCCCCN(C)CCO. The van der Waals surface area contributed by atoms with Gasteiger partial charge in [0.25, 0.3) is 0 Å². The summed E-state index contributed by atoms with van der Waals surface area (Å²) in [5, 5.41) is 8.69. The molecule has 0 saturated carbocycles. The third-order valence-corrected chi connectivity index (χ3v) is 2.63. The van der Waals surface area contributed by atoms with E-state index in [4.69, 9.17) is 5.11 Å². The van der Waals surface area contributed by atoms with E-state index in [2.05, 4.69) is 18.9 Å². The summed E-state index contributed by atoms with van der Waals surface area (Å²) in [5.74, 6) is 0. The fourth-order valence-electron chi connectivity index (χ4n) is 1.62. The Morgan fingerprint density at radius 3 is 1.81 bits per heavy atom. The molecule has 0 fully saturated rings. The molecule has 16 heavy (non-hydrogen) atoms. The summed E-state index contributed by atoms with van der Waals surface area (Å²) in [6.45, 7) is 8.49. The molecule has 0 spiro atoms. The predicted molar refractivity (Wildman–Crippen MR) is 73.9 cm³/mol. The minimum absolute atomic E-state index is 0.285. The molecule has 0 aromatic rings. The van der Waals surface area contributed by atoms with Crippen LogP contribution in [-0.4, -0.2) is 36.8 Å². The maximum atomic E-state index is 8.69. The lowest BCUT2D eigenvalue weighted by molar-refractivity contribution is 0.219. The van der Waals surface area contributed by atoms with Crippen LogP contribution in [0, 0.1) is 0 Å². The molecule has 0 bridgehead atoms. The van der Waals surface area contributed by atoms with Crippen LogP contribution in [0.4, 0.5) is 0 Å². The van der Waals surface area contributed by atoms with E-state index >= 15 is 0 Å². The van der Waals surface area contributed by atoms with Gasteiger partial charge in [-0.05, 0) is 20.0 Å². The molecule has 0 amide bonds. The Labute approximate surface area is 103 Å². The number of hydrogen-bond acceptors (Lipinski definition) is 2. The smallest absolute Gasteiger partial charge is 0.0558 e. The molecule has 0 rings (SSSR count). The maximum Gasteiger partial charge on any atom is 0.0558 e. The van der Waals surface area contributed by atoms with Crippen LogP contribution in [0.2, 0.25) is 0 Å². The third-order valence-electron chi connectivity index (χ3n) is 2.63. The van der Waals surface area contributed by atoms with E-state index in [1.165, 1.54) is 44.9 Å².